The molecule has 4 nitrogen and oxygen atoms in total. The van der Waals surface area contributed by atoms with Gasteiger partial charge in [0, 0.05) is 24.0 Å². The van der Waals surface area contributed by atoms with Crippen LogP contribution >= 0.6 is 0 Å². The first-order valence-corrected chi connectivity index (χ1v) is 8.69. The van der Waals surface area contributed by atoms with E-state index in [1.807, 2.05) is 30.3 Å². The maximum atomic E-state index is 11.2. The molecule has 3 aliphatic heterocycles. The number of aromatic nitrogens is 1. The van der Waals surface area contributed by atoms with Crippen molar-refractivity contribution in [1.29, 1.82) is 0 Å². The van der Waals surface area contributed by atoms with Crippen molar-refractivity contribution in [1.82, 2.24) is 9.88 Å². The highest BCUT2D eigenvalue weighted by molar-refractivity contribution is 5.83. The van der Waals surface area contributed by atoms with Gasteiger partial charge in [0.15, 0.2) is 0 Å². The number of nitrogens with zero attached hydrogens (tertiary/aromatic N) is 2. The van der Waals surface area contributed by atoms with Gasteiger partial charge in [0.1, 0.15) is 0 Å². The number of ether oxygens (including phenoxy) is 1. The lowest BCUT2D eigenvalue weighted by molar-refractivity contribution is -0.0445. The second-order valence-corrected chi connectivity index (χ2v) is 6.96. The summed E-state index contributed by atoms with van der Waals surface area (Å²) in [5, 5.41) is 12.2. The van der Waals surface area contributed by atoms with Gasteiger partial charge in [-0.3, -0.25) is 4.90 Å². The number of pyridine rings is 1. The lowest BCUT2D eigenvalue weighted by atomic mass is 9.73. The van der Waals surface area contributed by atoms with Crippen molar-refractivity contribution in [3.63, 3.8) is 0 Å². The van der Waals surface area contributed by atoms with Crippen molar-refractivity contribution in [2.24, 2.45) is 11.8 Å². The van der Waals surface area contributed by atoms with Gasteiger partial charge in [0.05, 0.1) is 18.7 Å². The van der Waals surface area contributed by atoms with Crippen molar-refractivity contribution in [2.75, 3.05) is 20.2 Å². The molecular formula is C20H24N2O2. The summed E-state index contributed by atoms with van der Waals surface area (Å²) in [6, 6.07) is 10.0. The fourth-order valence-corrected chi connectivity index (χ4v) is 4.44. The highest BCUT2D eigenvalue weighted by atomic mass is 16.5. The summed E-state index contributed by atoms with van der Waals surface area (Å²) < 4.78 is 5.35. The van der Waals surface area contributed by atoms with Crippen LogP contribution in [0.15, 0.2) is 43.0 Å². The maximum absolute atomic E-state index is 11.2. The first-order valence-electron chi connectivity index (χ1n) is 8.69. The summed E-state index contributed by atoms with van der Waals surface area (Å²) in [7, 11) is 1.62. The van der Waals surface area contributed by atoms with E-state index in [0.29, 0.717) is 17.7 Å². The smallest absolute Gasteiger partial charge is 0.213 e. The van der Waals surface area contributed by atoms with Crippen LogP contribution in [-0.2, 0) is 0 Å². The van der Waals surface area contributed by atoms with E-state index in [1.54, 1.807) is 7.11 Å². The SMILES string of the molecule is C=C[C@H]1CN2CC[C@H]1C[C@H]2C(O)c1cc(OC)nc2ccccc12. The Bertz CT molecular complexity index is 760. The van der Waals surface area contributed by atoms with Crippen molar-refractivity contribution in [3.05, 3.63) is 48.6 Å². The first kappa shape index (κ1) is 15.6. The largest absolute Gasteiger partial charge is 0.481 e. The van der Waals surface area contributed by atoms with Gasteiger partial charge in [-0.05, 0) is 42.9 Å². The monoisotopic (exact) mass is 324 g/mol. The van der Waals surface area contributed by atoms with E-state index in [2.05, 4.69) is 22.5 Å². The number of fused-ring (bicyclic) bond motifs is 4. The number of aliphatic hydroxyl groups excluding tert-OH is 1. The molecule has 126 valence electrons. The van der Waals surface area contributed by atoms with Gasteiger partial charge in [-0.1, -0.05) is 24.3 Å². The lowest BCUT2D eigenvalue weighted by Gasteiger charge is -2.50. The molecule has 3 fully saturated rings. The zero-order valence-electron chi connectivity index (χ0n) is 14.1. The predicted octanol–water partition coefficient (Wildman–Crippen LogP) is 3.17. The number of rotatable bonds is 4. The molecule has 5 rings (SSSR count). The fraction of sp³-hybridized carbons (Fsp3) is 0.450. The zero-order valence-corrected chi connectivity index (χ0v) is 14.1. The Morgan fingerprint density at radius 2 is 2.25 bits per heavy atom. The van der Waals surface area contributed by atoms with Crippen molar-refractivity contribution in [2.45, 2.75) is 25.0 Å². The Labute approximate surface area is 142 Å². The van der Waals surface area contributed by atoms with E-state index in [0.717, 1.165) is 36.0 Å². The molecule has 24 heavy (non-hydrogen) atoms. The third-order valence-corrected chi connectivity index (χ3v) is 5.77. The van der Waals surface area contributed by atoms with Crippen LogP contribution in [-0.4, -0.2) is 41.2 Å². The minimum absolute atomic E-state index is 0.162. The average molecular weight is 324 g/mol. The lowest BCUT2D eigenvalue weighted by Crippen LogP contribution is -2.54. The molecule has 3 saturated heterocycles. The molecule has 0 radical (unpaired) electrons. The van der Waals surface area contributed by atoms with Crippen molar-refractivity contribution in [3.8, 4) is 5.88 Å². The second-order valence-electron chi connectivity index (χ2n) is 6.96. The number of hydrogen-bond donors (Lipinski definition) is 1. The van der Waals surface area contributed by atoms with Crippen LogP contribution in [0.5, 0.6) is 5.88 Å². The van der Waals surface area contributed by atoms with Gasteiger partial charge in [-0.25, -0.2) is 4.98 Å². The van der Waals surface area contributed by atoms with Gasteiger partial charge in [-0.2, -0.15) is 0 Å². The Morgan fingerprint density at radius 1 is 1.42 bits per heavy atom. The van der Waals surface area contributed by atoms with Gasteiger partial charge in [0.2, 0.25) is 5.88 Å². The van der Waals surface area contributed by atoms with Gasteiger partial charge in [-0.15, -0.1) is 6.58 Å². The number of methoxy groups -OCH3 is 1. The van der Waals surface area contributed by atoms with Crippen LogP contribution in [0.2, 0.25) is 0 Å². The van der Waals surface area contributed by atoms with Crippen LogP contribution in [0.4, 0.5) is 0 Å². The normalized spacial score (nSPS) is 30.2. The summed E-state index contributed by atoms with van der Waals surface area (Å²) in [5.41, 5.74) is 1.79. The zero-order chi connectivity index (χ0) is 16.7. The molecular weight excluding hydrogens is 300 g/mol. The molecule has 5 atom stereocenters. The standard InChI is InChI=1S/C20H24N2O2/c1-3-13-12-22-9-8-14(13)10-18(22)20(23)16-11-19(24-2)21-17-7-5-4-6-15(16)17/h3-7,11,13-14,18,20,23H,1,8-10,12H2,2H3/t13-,14-,18-,20?/m0/s1. The van der Waals surface area contributed by atoms with Crippen molar-refractivity contribution < 1.29 is 9.84 Å². The number of para-hydroxylation sites is 1. The van der Waals surface area contributed by atoms with Gasteiger partial charge < -0.3 is 9.84 Å². The van der Waals surface area contributed by atoms with E-state index < -0.39 is 6.10 Å². The molecule has 0 aliphatic carbocycles. The summed E-state index contributed by atoms with van der Waals surface area (Å²) in [6.45, 7) is 6.06. The predicted molar refractivity (Wildman–Crippen MR) is 95.0 cm³/mol. The van der Waals surface area contributed by atoms with E-state index in [4.69, 9.17) is 4.74 Å². The number of aliphatic hydroxyl groups is 1. The number of piperidine rings is 3. The summed E-state index contributed by atoms with van der Waals surface area (Å²) in [6.07, 6.45) is 3.79. The van der Waals surface area contributed by atoms with Crippen LogP contribution in [0, 0.1) is 11.8 Å². The van der Waals surface area contributed by atoms with Crippen molar-refractivity contribution >= 4 is 10.9 Å². The second kappa shape index (κ2) is 6.19. The van der Waals surface area contributed by atoms with Crippen LogP contribution in [0.1, 0.15) is 24.5 Å². The van der Waals surface area contributed by atoms with Crippen LogP contribution < -0.4 is 4.74 Å². The molecule has 1 aromatic heterocycles. The van der Waals surface area contributed by atoms with E-state index >= 15 is 0 Å². The summed E-state index contributed by atoms with van der Waals surface area (Å²) >= 11 is 0. The minimum Gasteiger partial charge on any atom is -0.481 e. The molecule has 3 aliphatic rings. The molecule has 0 spiro atoms. The summed E-state index contributed by atoms with van der Waals surface area (Å²) in [5.74, 6) is 1.76. The minimum atomic E-state index is -0.527. The Hall–Kier alpha value is -1.91. The Balaban J connectivity index is 1.71. The van der Waals surface area contributed by atoms with Crippen LogP contribution in [0.3, 0.4) is 0 Å². The third-order valence-electron chi connectivity index (χ3n) is 5.77. The van der Waals surface area contributed by atoms with Gasteiger partial charge in [0.25, 0.3) is 0 Å². The van der Waals surface area contributed by atoms with Crippen LogP contribution in [0.25, 0.3) is 10.9 Å². The maximum Gasteiger partial charge on any atom is 0.213 e. The average Bonchev–Trinajstić information content (AvgIpc) is 2.66. The highest BCUT2D eigenvalue weighted by Gasteiger charge is 2.42. The van der Waals surface area contributed by atoms with E-state index in [9.17, 15) is 5.11 Å². The highest BCUT2D eigenvalue weighted by Crippen LogP contribution is 2.42. The first-order chi connectivity index (χ1) is 11.7. The number of hydrogen-bond acceptors (Lipinski definition) is 4. The molecule has 4 heterocycles. The Kier molecular flexibility index (Phi) is 4.02. The molecule has 4 heteroatoms. The molecule has 0 saturated carbocycles. The number of benzene rings is 1. The molecule has 1 aromatic carbocycles. The van der Waals surface area contributed by atoms with E-state index in [1.165, 1.54) is 6.42 Å². The quantitative estimate of drug-likeness (QED) is 0.878. The molecule has 2 aromatic rings. The molecule has 0 amide bonds. The van der Waals surface area contributed by atoms with E-state index in [-0.39, 0.29) is 6.04 Å². The fourth-order valence-electron chi connectivity index (χ4n) is 4.44. The third kappa shape index (κ3) is 2.50. The molecule has 2 bridgehead atoms. The Morgan fingerprint density at radius 3 is 2.96 bits per heavy atom. The molecule has 2 unspecified atom stereocenters. The topological polar surface area (TPSA) is 45.6 Å². The summed E-state index contributed by atoms with van der Waals surface area (Å²) in [4.78, 5) is 6.92. The molecule has 1 N–H and O–H groups in total. The van der Waals surface area contributed by atoms with Gasteiger partial charge >= 0.3 is 0 Å².